The first kappa shape index (κ1) is 68.0. The third kappa shape index (κ3) is 15.3. The number of carbonyl (C=O) groups excluding carboxylic acids is 3. The van der Waals surface area contributed by atoms with E-state index in [1.807, 2.05) is 42.2 Å². The monoisotopic (exact) mass is 1360 g/mol. The molecule has 13 rings (SSSR count). The second-order valence-electron chi connectivity index (χ2n) is 26.3. The molecule has 0 spiro atoms. The molecule has 94 heavy (non-hydrogen) atoms. The highest BCUT2D eigenvalue weighted by Gasteiger charge is 2.34. The average molecular weight is 1360 g/mol. The maximum absolute atomic E-state index is 14.1. The van der Waals surface area contributed by atoms with Crippen molar-refractivity contribution < 1.29 is 52.8 Å². The van der Waals surface area contributed by atoms with Crippen LogP contribution in [0.3, 0.4) is 0 Å². The number of amides is 6. The SMILES string of the molecule is CC(C)c1cc(F)cc(C(C)C)c1NC(=O)NS(=O)(=O)c1cc(CN2CC(F)C2)n(C)n1.Cn1nc(S(=O)(=O)NC(=O)Nc2c3c(cc4c2CCC4)CCC3)cc1CN1CC(F)C1.Cn1nc(S(=O)(=O)NC(=O)Nc2c3c(cc4c2CCC4)CCC3)cc1CN1CCCC1. The summed E-state index contributed by atoms with van der Waals surface area (Å²) in [5, 5.41) is 19.9. The second-order valence-corrected chi connectivity index (χ2v) is 31.2. The van der Waals surface area contributed by atoms with Gasteiger partial charge >= 0.3 is 18.1 Å². The summed E-state index contributed by atoms with van der Waals surface area (Å²) in [5.74, 6) is -0.615. The van der Waals surface area contributed by atoms with Crippen molar-refractivity contribution in [3.63, 3.8) is 0 Å². The fourth-order valence-electron chi connectivity index (χ4n) is 13.7. The molecule has 0 saturated carbocycles. The second kappa shape index (κ2) is 27.8. The molecule has 0 unspecified atom stereocenters. The van der Waals surface area contributed by atoms with E-state index < -0.39 is 66.3 Å². The quantitative estimate of drug-likeness (QED) is 0.0504. The number of anilines is 3. The zero-order valence-corrected chi connectivity index (χ0v) is 56.6. The smallest absolute Gasteiger partial charge is 0.307 e. The molecule has 3 aromatic heterocycles. The zero-order valence-electron chi connectivity index (χ0n) is 54.2. The summed E-state index contributed by atoms with van der Waals surface area (Å²) in [5.41, 5.74) is 14.9. The van der Waals surface area contributed by atoms with E-state index in [2.05, 4.69) is 57.7 Å². The maximum atomic E-state index is 14.1. The fraction of sp³-hybridized carbons (Fsp3) is 0.531. The van der Waals surface area contributed by atoms with E-state index in [9.17, 15) is 52.8 Å². The van der Waals surface area contributed by atoms with Crippen LogP contribution in [-0.2, 0) is 122 Å². The highest BCUT2D eigenvalue weighted by molar-refractivity contribution is 7.90. The van der Waals surface area contributed by atoms with Gasteiger partial charge in [0.25, 0.3) is 30.1 Å². The number of alkyl halides is 2. The standard InChI is InChI=1S/C22H29N5O3S.C21H29F2N5O3S.C21H26FN5O3S/c1-26-17(14-27-10-2-3-11-27)13-20(24-26)31(29,30)25-22(28)23-21-18-8-4-6-15(18)12-16-7-5-9-19(16)21;1-12(2)17-6-14(22)7-18(13(3)4)20(17)24-21(29)26-32(30,31)19-8-16(27(5)25-19)11-28-9-15(23)10-28;1-26-16(12-27-10-15(22)11-27)9-19(24-26)31(29,30)25-21(28)23-20-17-6-2-4-13(17)8-14-5-3-7-18(14)20/h12-13H,2-11,14H2,1H3,(H2,23,25,28);6-8,12-13,15H,9-11H2,1-5H3,(H2,24,26,29);8-9,15H,2-7,10-12H2,1H3,(H2,23,25,28). The summed E-state index contributed by atoms with van der Waals surface area (Å²) in [7, 11) is -7.48. The Morgan fingerprint density at radius 3 is 1.04 bits per heavy atom. The van der Waals surface area contributed by atoms with Crippen LogP contribution in [0.1, 0.15) is 151 Å². The summed E-state index contributed by atoms with van der Waals surface area (Å²) in [6.07, 6.45) is 12.5. The Balaban J connectivity index is 0.000000144. The summed E-state index contributed by atoms with van der Waals surface area (Å²) in [4.78, 5) is 44.0. The molecule has 3 saturated heterocycles. The highest BCUT2D eigenvalue weighted by atomic mass is 32.2. The van der Waals surface area contributed by atoms with Crippen LogP contribution in [0.5, 0.6) is 0 Å². The molecule has 4 aliphatic carbocycles. The van der Waals surface area contributed by atoms with Crippen LogP contribution in [0.2, 0.25) is 0 Å². The number of nitrogens with zero attached hydrogens (tertiary/aromatic N) is 9. The average Bonchev–Trinajstić information content (AvgIpc) is 1.57. The Hall–Kier alpha value is -7.38. The van der Waals surface area contributed by atoms with Gasteiger partial charge in [0.05, 0.1) is 17.1 Å². The lowest BCUT2D eigenvalue weighted by molar-refractivity contribution is 0.0569. The first-order chi connectivity index (χ1) is 44.6. The van der Waals surface area contributed by atoms with E-state index >= 15 is 0 Å². The molecule has 7 aliphatic rings. The number of rotatable bonds is 17. The number of carbonyl (C=O) groups is 3. The summed E-state index contributed by atoms with van der Waals surface area (Å²) >= 11 is 0. The summed E-state index contributed by atoms with van der Waals surface area (Å²) in [6.45, 7) is 12.1. The fourth-order valence-corrected chi connectivity index (χ4v) is 16.5. The minimum atomic E-state index is -4.25. The van der Waals surface area contributed by atoms with E-state index in [0.717, 1.165) is 131 Å². The molecule has 508 valence electrons. The Kier molecular flexibility index (Phi) is 20.1. The number of halogens is 3. The zero-order chi connectivity index (χ0) is 67.1. The summed E-state index contributed by atoms with van der Waals surface area (Å²) < 4.78 is 128. The highest BCUT2D eigenvalue weighted by Crippen LogP contribution is 2.41. The Morgan fingerprint density at radius 2 is 0.745 bits per heavy atom. The van der Waals surface area contributed by atoms with Gasteiger partial charge in [0.2, 0.25) is 0 Å². The Labute approximate surface area is 547 Å². The molecule has 24 nitrogen and oxygen atoms in total. The normalized spacial score (nSPS) is 17.3. The van der Waals surface area contributed by atoms with Gasteiger partial charge in [0, 0.05) is 102 Å². The lowest BCUT2D eigenvalue weighted by Crippen LogP contribution is -2.47. The van der Waals surface area contributed by atoms with Gasteiger partial charge in [-0.15, -0.1) is 0 Å². The van der Waals surface area contributed by atoms with Crippen LogP contribution in [-0.4, -0.2) is 139 Å². The Morgan fingerprint density at radius 1 is 0.447 bits per heavy atom. The van der Waals surface area contributed by atoms with Crippen molar-refractivity contribution >= 4 is 65.2 Å². The van der Waals surface area contributed by atoms with Crippen molar-refractivity contribution in [3.05, 3.63) is 121 Å². The van der Waals surface area contributed by atoms with Crippen LogP contribution in [0, 0.1) is 5.82 Å². The van der Waals surface area contributed by atoms with Gasteiger partial charge in [0.15, 0.2) is 15.1 Å². The molecular weight excluding hydrogens is 1280 g/mol. The molecule has 6 amide bonds. The topological polar surface area (TPSA) is 289 Å². The van der Waals surface area contributed by atoms with E-state index in [1.54, 1.807) is 31.9 Å². The number of urea groups is 3. The molecule has 6 aromatic rings. The number of hydrogen-bond donors (Lipinski definition) is 6. The van der Waals surface area contributed by atoms with Crippen molar-refractivity contribution in [1.29, 1.82) is 0 Å². The third-order valence-electron chi connectivity index (χ3n) is 18.6. The van der Waals surface area contributed by atoms with Gasteiger partial charge in [-0.05, 0) is 183 Å². The number of fused-ring (bicyclic) bond motifs is 4. The molecular formula is C64H84F3N15O9S3. The number of sulfonamides is 3. The van der Waals surface area contributed by atoms with Gasteiger partial charge in [-0.3, -0.25) is 28.7 Å². The van der Waals surface area contributed by atoms with E-state index in [-0.39, 0.29) is 26.9 Å². The van der Waals surface area contributed by atoms with E-state index in [4.69, 9.17) is 0 Å². The molecule has 3 fully saturated rings. The number of likely N-dealkylation sites (tertiary alicyclic amines) is 3. The molecule has 6 N–H and O–H groups in total. The van der Waals surface area contributed by atoms with Crippen LogP contribution in [0.15, 0.2) is 57.5 Å². The first-order valence-electron chi connectivity index (χ1n) is 32.3. The van der Waals surface area contributed by atoms with Crippen LogP contribution in [0.25, 0.3) is 0 Å². The van der Waals surface area contributed by atoms with Gasteiger partial charge in [-0.1, -0.05) is 39.8 Å². The van der Waals surface area contributed by atoms with Crippen molar-refractivity contribution in [2.45, 2.75) is 176 Å². The van der Waals surface area contributed by atoms with Crippen LogP contribution < -0.4 is 30.1 Å². The lowest BCUT2D eigenvalue weighted by atomic mass is 9.92. The first-order valence-corrected chi connectivity index (χ1v) is 36.7. The van der Waals surface area contributed by atoms with E-state index in [0.29, 0.717) is 74.0 Å². The molecule has 0 radical (unpaired) electrons. The molecule has 0 atom stereocenters. The van der Waals surface area contributed by atoms with Crippen molar-refractivity contribution in [2.75, 3.05) is 55.2 Å². The number of benzene rings is 3. The number of aryl methyl sites for hydroxylation is 7. The molecule has 0 bridgehead atoms. The van der Waals surface area contributed by atoms with Crippen LogP contribution >= 0.6 is 0 Å². The minimum absolute atomic E-state index is 0.0983. The van der Waals surface area contributed by atoms with Gasteiger partial charge in [-0.25, -0.2) is 41.7 Å². The maximum Gasteiger partial charge on any atom is 0.333 e. The van der Waals surface area contributed by atoms with Crippen molar-refractivity contribution in [2.24, 2.45) is 21.1 Å². The lowest BCUT2D eigenvalue weighted by Gasteiger charge is -2.33. The predicted molar refractivity (Wildman–Crippen MR) is 348 cm³/mol. The van der Waals surface area contributed by atoms with Crippen LogP contribution in [0.4, 0.5) is 44.6 Å². The van der Waals surface area contributed by atoms with Crippen molar-refractivity contribution in [1.82, 2.24) is 58.2 Å². The third-order valence-corrected chi connectivity index (χ3v) is 22.2. The molecule has 3 aromatic carbocycles. The molecule has 3 aliphatic heterocycles. The van der Waals surface area contributed by atoms with Gasteiger partial charge in [-0.2, -0.15) is 40.5 Å². The largest absolute Gasteiger partial charge is 0.333 e. The number of hydrogen-bond acceptors (Lipinski definition) is 15. The Bertz CT molecular complexity index is 4160. The van der Waals surface area contributed by atoms with Crippen molar-refractivity contribution in [3.8, 4) is 0 Å². The summed E-state index contributed by atoms with van der Waals surface area (Å²) in [6, 6.07) is 9.10. The molecule has 30 heteroatoms. The van der Waals surface area contributed by atoms with E-state index in [1.165, 1.54) is 67.0 Å². The van der Waals surface area contributed by atoms with Gasteiger partial charge in [0.1, 0.15) is 18.2 Å². The number of aromatic nitrogens is 6. The van der Waals surface area contributed by atoms with Gasteiger partial charge < -0.3 is 16.0 Å². The predicted octanol–water partition coefficient (Wildman–Crippen LogP) is 8.04. The number of nitrogens with one attached hydrogen (secondary N) is 6. The minimum Gasteiger partial charge on any atom is -0.307 e. The molecule has 6 heterocycles.